The average Bonchev–Trinajstić information content (AvgIpc) is 2.08. The zero-order valence-corrected chi connectivity index (χ0v) is 6.11. The third kappa shape index (κ3) is 1.64. The Kier molecular flexibility index (Phi) is 1.74. The van der Waals surface area contributed by atoms with Crippen molar-refractivity contribution in [3.63, 3.8) is 0 Å². The van der Waals surface area contributed by atoms with Gasteiger partial charge in [0.1, 0.15) is 0 Å². The molecule has 1 N–H and O–H groups in total. The molecular weight excluding hydrogens is 140 g/mol. The molecule has 0 amide bonds. The van der Waals surface area contributed by atoms with Gasteiger partial charge in [0, 0.05) is 13.1 Å². The summed E-state index contributed by atoms with van der Waals surface area (Å²) in [6.07, 6.45) is 2.11. The Hall–Kier alpha value is -0.130. The van der Waals surface area contributed by atoms with Gasteiger partial charge in [0.2, 0.25) is 10.0 Å². The lowest BCUT2D eigenvalue weighted by molar-refractivity contribution is 0.403. The quantitative estimate of drug-likeness (QED) is 0.530. The minimum absolute atomic E-state index is 0.610. The lowest BCUT2D eigenvalue weighted by atomic mass is 10.5. The fraction of sp³-hybridized carbons (Fsp3) is 1.00. The van der Waals surface area contributed by atoms with Crippen molar-refractivity contribution in [2.45, 2.75) is 6.42 Å². The SMILES string of the molecule is CS(=O)(=O)N1CCCN1. The standard InChI is InChI=1S/C4H10N2O2S/c1-9(7,8)6-4-2-3-5-6/h5H,2-4H2,1H3. The highest BCUT2D eigenvalue weighted by Gasteiger charge is 2.19. The Morgan fingerprint density at radius 3 is 2.44 bits per heavy atom. The van der Waals surface area contributed by atoms with E-state index in [0.717, 1.165) is 13.0 Å². The predicted molar refractivity (Wildman–Crippen MR) is 34.2 cm³/mol. The van der Waals surface area contributed by atoms with Crippen LogP contribution in [0.2, 0.25) is 0 Å². The molecule has 0 aromatic heterocycles. The van der Waals surface area contributed by atoms with Crippen LogP contribution in [0, 0.1) is 0 Å². The zero-order chi connectivity index (χ0) is 6.91. The van der Waals surface area contributed by atoms with Crippen LogP contribution in [0.1, 0.15) is 6.42 Å². The molecule has 0 bridgehead atoms. The number of nitrogens with one attached hydrogen (secondary N) is 1. The first kappa shape index (κ1) is 6.98. The van der Waals surface area contributed by atoms with Crippen molar-refractivity contribution in [3.05, 3.63) is 0 Å². The number of hydrogen-bond acceptors (Lipinski definition) is 3. The predicted octanol–water partition coefficient (Wildman–Crippen LogP) is -0.844. The van der Waals surface area contributed by atoms with E-state index in [4.69, 9.17) is 0 Å². The minimum atomic E-state index is -2.98. The first-order valence-electron chi connectivity index (χ1n) is 2.82. The van der Waals surface area contributed by atoms with Crippen molar-refractivity contribution in [2.75, 3.05) is 19.3 Å². The molecule has 0 aromatic rings. The fourth-order valence-corrected chi connectivity index (χ4v) is 1.58. The van der Waals surface area contributed by atoms with Gasteiger partial charge in [-0.1, -0.05) is 0 Å². The molecule has 5 heteroatoms. The van der Waals surface area contributed by atoms with Gasteiger partial charge in [-0.15, -0.1) is 4.41 Å². The van der Waals surface area contributed by atoms with Gasteiger partial charge in [-0.05, 0) is 6.42 Å². The average molecular weight is 150 g/mol. The van der Waals surface area contributed by atoms with Crippen LogP contribution in [-0.4, -0.2) is 32.2 Å². The van der Waals surface area contributed by atoms with Crippen LogP contribution in [0.25, 0.3) is 0 Å². The molecule has 0 unspecified atom stereocenters. The summed E-state index contributed by atoms with van der Waals surface area (Å²) in [4.78, 5) is 0. The van der Waals surface area contributed by atoms with Gasteiger partial charge in [0.05, 0.1) is 6.26 Å². The summed E-state index contributed by atoms with van der Waals surface area (Å²) in [5.41, 5.74) is 2.74. The molecule has 0 radical (unpaired) electrons. The molecule has 0 saturated carbocycles. The Balaban J connectivity index is 2.63. The third-order valence-electron chi connectivity index (χ3n) is 1.23. The Morgan fingerprint density at radius 2 is 2.22 bits per heavy atom. The number of hydrazine groups is 1. The highest BCUT2D eigenvalue weighted by Crippen LogP contribution is 2.00. The summed E-state index contributed by atoms with van der Waals surface area (Å²) in [6, 6.07) is 0. The molecule has 1 rings (SSSR count). The molecule has 1 saturated heterocycles. The molecule has 4 nitrogen and oxygen atoms in total. The third-order valence-corrected chi connectivity index (χ3v) is 2.34. The molecule has 1 aliphatic rings. The molecule has 1 aliphatic heterocycles. The van der Waals surface area contributed by atoms with Crippen molar-refractivity contribution in [3.8, 4) is 0 Å². The summed E-state index contributed by atoms with van der Waals surface area (Å²) in [5, 5.41) is 0. The highest BCUT2D eigenvalue weighted by molar-refractivity contribution is 7.88. The number of rotatable bonds is 1. The first-order valence-corrected chi connectivity index (χ1v) is 4.67. The van der Waals surface area contributed by atoms with E-state index in [-0.39, 0.29) is 0 Å². The lowest BCUT2D eigenvalue weighted by Gasteiger charge is -2.10. The van der Waals surface area contributed by atoms with E-state index in [2.05, 4.69) is 5.43 Å². The van der Waals surface area contributed by atoms with Gasteiger partial charge in [0.25, 0.3) is 0 Å². The number of sulfonamides is 1. The van der Waals surface area contributed by atoms with Crippen LogP contribution >= 0.6 is 0 Å². The second-order valence-corrected chi connectivity index (χ2v) is 4.00. The maximum absolute atomic E-state index is 10.7. The maximum Gasteiger partial charge on any atom is 0.223 e. The number of nitrogens with zero attached hydrogens (tertiary/aromatic N) is 1. The Bertz CT molecular complexity index is 181. The summed E-state index contributed by atoms with van der Waals surface area (Å²) in [7, 11) is -2.98. The molecular formula is C4H10N2O2S. The second kappa shape index (κ2) is 2.24. The van der Waals surface area contributed by atoms with Gasteiger partial charge in [0.15, 0.2) is 0 Å². The van der Waals surface area contributed by atoms with Gasteiger partial charge < -0.3 is 0 Å². The second-order valence-electron chi connectivity index (χ2n) is 2.10. The molecule has 0 spiro atoms. The highest BCUT2D eigenvalue weighted by atomic mass is 32.2. The van der Waals surface area contributed by atoms with Crippen LogP contribution in [0.5, 0.6) is 0 Å². The van der Waals surface area contributed by atoms with E-state index in [1.54, 1.807) is 0 Å². The maximum atomic E-state index is 10.7. The van der Waals surface area contributed by atoms with Gasteiger partial charge >= 0.3 is 0 Å². The largest absolute Gasteiger partial charge is 0.241 e. The summed E-state index contributed by atoms with van der Waals surface area (Å²) in [5.74, 6) is 0. The van der Waals surface area contributed by atoms with E-state index in [0.29, 0.717) is 6.54 Å². The van der Waals surface area contributed by atoms with E-state index in [1.165, 1.54) is 10.7 Å². The Morgan fingerprint density at radius 1 is 1.56 bits per heavy atom. The molecule has 9 heavy (non-hydrogen) atoms. The number of hydrogen-bond donors (Lipinski definition) is 1. The summed E-state index contributed by atoms with van der Waals surface area (Å²) in [6.45, 7) is 1.38. The van der Waals surface area contributed by atoms with Crippen LogP contribution in [0.3, 0.4) is 0 Å². The fourth-order valence-electron chi connectivity index (χ4n) is 0.789. The summed E-state index contributed by atoms with van der Waals surface area (Å²) < 4.78 is 22.7. The zero-order valence-electron chi connectivity index (χ0n) is 5.29. The van der Waals surface area contributed by atoms with Gasteiger partial charge in [-0.2, -0.15) is 0 Å². The molecule has 54 valence electrons. The normalized spacial score (nSPS) is 22.8. The van der Waals surface area contributed by atoms with Crippen molar-refractivity contribution < 1.29 is 8.42 Å². The van der Waals surface area contributed by atoms with Crippen LogP contribution in [0.4, 0.5) is 0 Å². The molecule has 0 atom stereocenters. The van der Waals surface area contributed by atoms with Gasteiger partial charge in [-0.3, -0.25) is 0 Å². The smallest absolute Gasteiger partial charge is 0.223 e. The van der Waals surface area contributed by atoms with Crippen LogP contribution < -0.4 is 5.43 Å². The van der Waals surface area contributed by atoms with Crippen LogP contribution in [-0.2, 0) is 10.0 Å². The first-order chi connectivity index (χ1) is 4.11. The van der Waals surface area contributed by atoms with Crippen LogP contribution in [0.15, 0.2) is 0 Å². The van der Waals surface area contributed by atoms with E-state index >= 15 is 0 Å². The van der Waals surface area contributed by atoms with Crippen molar-refractivity contribution in [1.29, 1.82) is 0 Å². The van der Waals surface area contributed by atoms with E-state index in [1.807, 2.05) is 0 Å². The van der Waals surface area contributed by atoms with Crippen molar-refractivity contribution >= 4 is 10.0 Å². The van der Waals surface area contributed by atoms with E-state index in [9.17, 15) is 8.42 Å². The van der Waals surface area contributed by atoms with E-state index < -0.39 is 10.0 Å². The minimum Gasteiger partial charge on any atom is -0.241 e. The topological polar surface area (TPSA) is 49.4 Å². The molecule has 1 heterocycles. The Labute approximate surface area is 54.9 Å². The van der Waals surface area contributed by atoms with Crippen molar-refractivity contribution in [1.82, 2.24) is 9.84 Å². The van der Waals surface area contributed by atoms with Crippen molar-refractivity contribution in [2.24, 2.45) is 0 Å². The molecule has 0 aliphatic carbocycles. The van der Waals surface area contributed by atoms with Gasteiger partial charge in [-0.25, -0.2) is 13.8 Å². The summed E-state index contributed by atoms with van der Waals surface area (Å²) >= 11 is 0. The lowest BCUT2D eigenvalue weighted by Crippen LogP contribution is -2.35. The molecule has 1 fully saturated rings. The molecule has 0 aromatic carbocycles. The monoisotopic (exact) mass is 150 g/mol.